The van der Waals surface area contributed by atoms with Gasteiger partial charge in [0.25, 0.3) is 17.4 Å². The molecular weight excluding hydrogens is 358 g/mol. The average Bonchev–Trinajstić information content (AvgIpc) is 2.60. The van der Waals surface area contributed by atoms with Gasteiger partial charge in [-0.05, 0) is 55.2 Å². The van der Waals surface area contributed by atoms with Crippen molar-refractivity contribution in [2.24, 2.45) is 5.73 Å². The minimum Gasteiger partial charge on any atom is -0.484 e. The Hall–Kier alpha value is -2.80. The monoisotopic (exact) mass is 375 g/mol. The van der Waals surface area contributed by atoms with Crippen LogP contribution in [0.2, 0.25) is 5.02 Å². The number of aromatic nitrogens is 1. The van der Waals surface area contributed by atoms with Crippen LogP contribution in [0, 0.1) is 0 Å². The molecule has 0 spiro atoms. The first-order chi connectivity index (χ1) is 12.4. The Morgan fingerprint density at radius 3 is 2.73 bits per heavy atom. The number of ether oxygens (including phenoxy) is 1. The standard InChI is InChI=1S/C18H18ClN3O4/c19-10-4-6-11(7-5-10)26-9-16(23)21-14-2-1-3-15-12(14)8-13(17(20)24)18(25)22-15/h4-8,14H,1-3,9H2,(H2,20,24)(H,21,23)(H,22,25). The second-order valence-electron chi connectivity index (χ2n) is 6.07. The fraction of sp³-hybridized carbons (Fsp3) is 0.278. The maximum atomic E-state index is 12.2. The highest BCUT2D eigenvalue weighted by atomic mass is 35.5. The number of fused-ring (bicyclic) bond motifs is 1. The summed E-state index contributed by atoms with van der Waals surface area (Å²) >= 11 is 5.80. The van der Waals surface area contributed by atoms with Gasteiger partial charge in [-0.1, -0.05) is 11.6 Å². The van der Waals surface area contributed by atoms with Crippen molar-refractivity contribution < 1.29 is 14.3 Å². The number of carbonyl (C=O) groups excluding carboxylic acids is 2. The lowest BCUT2D eigenvalue weighted by Gasteiger charge is -2.26. The van der Waals surface area contributed by atoms with E-state index in [0.29, 0.717) is 29.2 Å². The van der Waals surface area contributed by atoms with Gasteiger partial charge in [0.1, 0.15) is 11.3 Å². The number of benzene rings is 1. The zero-order chi connectivity index (χ0) is 18.7. The number of rotatable bonds is 5. The average molecular weight is 376 g/mol. The maximum absolute atomic E-state index is 12.2. The first kappa shape index (κ1) is 18.0. The van der Waals surface area contributed by atoms with Crippen LogP contribution in [0.3, 0.4) is 0 Å². The topological polar surface area (TPSA) is 114 Å². The summed E-state index contributed by atoms with van der Waals surface area (Å²) in [6, 6.07) is 7.86. The number of hydrogen-bond donors (Lipinski definition) is 3. The maximum Gasteiger partial charge on any atom is 0.261 e. The van der Waals surface area contributed by atoms with Crippen LogP contribution < -0.4 is 21.3 Å². The Bertz CT molecular complexity index is 892. The Balaban J connectivity index is 1.70. The van der Waals surface area contributed by atoms with Gasteiger partial charge in [-0.2, -0.15) is 0 Å². The van der Waals surface area contributed by atoms with E-state index in [-0.39, 0.29) is 24.1 Å². The van der Waals surface area contributed by atoms with Gasteiger partial charge >= 0.3 is 0 Å². The van der Waals surface area contributed by atoms with E-state index >= 15 is 0 Å². The summed E-state index contributed by atoms with van der Waals surface area (Å²) < 4.78 is 5.43. The van der Waals surface area contributed by atoms with Crippen LogP contribution in [-0.4, -0.2) is 23.4 Å². The fourth-order valence-electron chi connectivity index (χ4n) is 2.99. The van der Waals surface area contributed by atoms with Crippen LogP contribution in [0.1, 0.15) is 40.5 Å². The van der Waals surface area contributed by atoms with Crippen LogP contribution in [0.15, 0.2) is 35.1 Å². The molecule has 4 N–H and O–H groups in total. The number of primary amides is 1. The summed E-state index contributed by atoms with van der Waals surface area (Å²) in [5, 5.41) is 3.46. The van der Waals surface area contributed by atoms with E-state index in [4.69, 9.17) is 22.1 Å². The minimum atomic E-state index is -0.796. The number of hydrogen-bond acceptors (Lipinski definition) is 4. The molecule has 0 saturated heterocycles. The van der Waals surface area contributed by atoms with Gasteiger partial charge < -0.3 is 20.8 Å². The molecular formula is C18H18ClN3O4. The minimum absolute atomic E-state index is 0.109. The first-order valence-corrected chi connectivity index (χ1v) is 8.55. The van der Waals surface area contributed by atoms with E-state index in [1.54, 1.807) is 24.3 Å². The smallest absolute Gasteiger partial charge is 0.261 e. The second kappa shape index (κ2) is 7.61. The molecule has 0 radical (unpaired) electrons. The highest BCUT2D eigenvalue weighted by molar-refractivity contribution is 6.30. The zero-order valence-electron chi connectivity index (χ0n) is 13.9. The lowest BCUT2D eigenvalue weighted by molar-refractivity contribution is -0.124. The number of nitrogens with two attached hydrogens (primary N) is 1. The predicted octanol–water partition coefficient (Wildman–Crippen LogP) is 1.70. The van der Waals surface area contributed by atoms with E-state index in [2.05, 4.69) is 10.3 Å². The summed E-state index contributed by atoms with van der Waals surface area (Å²) in [5.74, 6) is -0.561. The summed E-state index contributed by atoms with van der Waals surface area (Å²) in [4.78, 5) is 38.2. The highest BCUT2D eigenvalue weighted by Gasteiger charge is 2.25. The van der Waals surface area contributed by atoms with Crippen molar-refractivity contribution >= 4 is 23.4 Å². The van der Waals surface area contributed by atoms with Crippen molar-refractivity contribution in [3.05, 3.63) is 62.5 Å². The van der Waals surface area contributed by atoms with Crippen molar-refractivity contribution in [2.75, 3.05) is 6.61 Å². The van der Waals surface area contributed by atoms with Gasteiger partial charge in [-0.3, -0.25) is 14.4 Å². The van der Waals surface area contributed by atoms with Gasteiger partial charge in [0, 0.05) is 10.7 Å². The van der Waals surface area contributed by atoms with Crippen molar-refractivity contribution in [2.45, 2.75) is 25.3 Å². The van der Waals surface area contributed by atoms with Crippen LogP contribution >= 0.6 is 11.6 Å². The Kier molecular flexibility index (Phi) is 5.27. The molecule has 1 aromatic heterocycles. The molecule has 0 aliphatic heterocycles. The van der Waals surface area contributed by atoms with Crippen LogP contribution in [0.5, 0.6) is 5.75 Å². The molecule has 1 aliphatic carbocycles. The van der Waals surface area contributed by atoms with E-state index < -0.39 is 11.5 Å². The zero-order valence-corrected chi connectivity index (χ0v) is 14.6. The van der Waals surface area contributed by atoms with E-state index in [1.165, 1.54) is 6.07 Å². The third-order valence-electron chi connectivity index (χ3n) is 4.24. The Morgan fingerprint density at radius 1 is 1.31 bits per heavy atom. The molecule has 26 heavy (non-hydrogen) atoms. The number of halogens is 1. The number of carbonyl (C=O) groups is 2. The van der Waals surface area contributed by atoms with Gasteiger partial charge in [-0.15, -0.1) is 0 Å². The molecule has 8 heteroatoms. The molecule has 3 rings (SSSR count). The van der Waals surface area contributed by atoms with E-state index in [1.807, 2.05) is 0 Å². The van der Waals surface area contributed by atoms with Crippen LogP contribution in [0.25, 0.3) is 0 Å². The molecule has 1 aliphatic rings. The van der Waals surface area contributed by atoms with Gasteiger partial charge in [0.15, 0.2) is 6.61 Å². The lowest BCUT2D eigenvalue weighted by Crippen LogP contribution is -2.36. The number of aryl methyl sites for hydroxylation is 1. The molecule has 1 aromatic carbocycles. The van der Waals surface area contributed by atoms with Crippen LogP contribution in [-0.2, 0) is 11.2 Å². The van der Waals surface area contributed by atoms with Crippen molar-refractivity contribution in [1.29, 1.82) is 0 Å². The summed E-state index contributed by atoms with van der Waals surface area (Å²) in [6.07, 6.45) is 2.18. The molecule has 1 atom stereocenters. The van der Waals surface area contributed by atoms with Crippen molar-refractivity contribution in [1.82, 2.24) is 10.3 Å². The van der Waals surface area contributed by atoms with Gasteiger partial charge in [0.05, 0.1) is 6.04 Å². The van der Waals surface area contributed by atoms with Crippen molar-refractivity contribution in [3.8, 4) is 5.75 Å². The molecule has 2 amide bonds. The lowest BCUT2D eigenvalue weighted by atomic mass is 9.90. The summed E-state index contributed by atoms with van der Waals surface area (Å²) in [6.45, 7) is -0.153. The van der Waals surface area contributed by atoms with Gasteiger partial charge in [0.2, 0.25) is 0 Å². The third kappa shape index (κ3) is 4.05. The summed E-state index contributed by atoms with van der Waals surface area (Å²) in [7, 11) is 0. The normalized spacial score (nSPS) is 15.8. The number of aromatic amines is 1. The van der Waals surface area contributed by atoms with Crippen LogP contribution in [0.4, 0.5) is 0 Å². The number of amides is 2. The van der Waals surface area contributed by atoms with E-state index in [9.17, 15) is 14.4 Å². The SMILES string of the molecule is NC(=O)c1cc2c([nH]c1=O)CCCC2NC(=O)COc1ccc(Cl)cc1. The molecule has 1 heterocycles. The number of H-pyrrole nitrogens is 1. The van der Waals surface area contributed by atoms with Crippen molar-refractivity contribution in [3.63, 3.8) is 0 Å². The van der Waals surface area contributed by atoms with Gasteiger partial charge in [-0.25, -0.2) is 0 Å². The largest absolute Gasteiger partial charge is 0.484 e. The predicted molar refractivity (Wildman–Crippen MR) is 96.3 cm³/mol. The quantitative estimate of drug-likeness (QED) is 0.737. The summed E-state index contributed by atoms with van der Waals surface area (Å²) in [5.41, 5.74) is 6.06. The number of nitrogens with one attached hydrogen (secondary N) is 2. The number of pyridine rings is 1. The molecule has 2 aromatic rings. The Morgan fingerprint density at radius 2 is 2.04 bits per heavy atom. The molecule has 0 bridgehead atoms. The molecule has 136 valence electrons. The molecule has 0 fully saturated rings. The molecule has 0 saturated carbocycles. The first-order valence-electron chi connectivity index (χ1n) is 8.17. The molecule has 7 nitrogen and oxygen atoms in total. The molecule has 1 unspecified atom stereocenters. The second-order valence-corrected chi connectivity index (χ2v) is 6.50. The fourth-order valence-corrected chi connectivity index (χ4v) is 3.12. The Labute approximate surface area is 154 Å². The highest BCUT2D eigenvalue weighted by Crippen LogP contribution is 2.28. The third-order valence-corrected chi connectivity index (χ3v) is 4.49. The van der Waals surface area contributed by atoms with E-state index in [0.717, 1.165) is 12.1 Å².